The number of thiophene rings is 1. The van der Waals surface area contributed by atoms with Gasteiger partial charge in [-0.1, -0.05) is 25.3 Å². The van der Waals surface area contributed by atoms with Gasteiger partial charge in [0.15, 0.2) is 0 Å². The van der Waals surface area contributed by atoms with E-state index in [0.29, 0.717) is 6.04 Å². The summed E-state index contributed by atoms with van der Waals surface area (Å²) in [6.45, 7) is 8.59. The lowest BCUT2D eigenvalue weighted by atomic mass is 9.93. The number of amides is 1. The van der Waals surface area contributed by atoms with Crippen molar-refractivity contribution < 1.29 is 4.79 Å². The molecule has 0 atom stereocenters. The van der Waals surface area contributed by atoms with Crippen molar-refractivity contribution in [3.63, 3.8) is 0 Å². The Morgan fingerprint density at radius 1 is 0.971 bits per heavy atom. The Morgan fingerprint density at radius 2 is 1.69 bits per heavy atom. The molecule has 2 aromatic heterocycles. The fourth-order valence-electron chi connectivity index (χ4n) is 5.90. The number of hydrogen-bond acceptors (Lipinski definition) is 3. The molecule has 2 aliphatic carbocycles. The molecule has 3 aromatic rings. The third kappa shape index (κ3) is 5.02. The van der Waals surface area contributed by atoms with Crippen LogP contribution in [0.5, 0.6) is 0 Å². The Bertz CT molecular complexity index is 1250. The van der Waals surface area contributed by atoms with Crippen LogP contribution >= 0.6 is 11.3 Å². The van der Waals surface area contributed by atoms with Crippen LogP contribution in [0.25, 0.3) is 5.69 Å². The molecule has 1 N–H and O–H groups in total. The van der Waals surface area contributed by atoms with Crippen molar-refractivity contribution in [2.24, 2.45) is 4.99 Å². The van der Waals surface area contributed by atoms with E-state index in [9.17, 15) is 4.79 Å². The van der Waals surface area contributed by atoms with E-state index in [-0.39, 0.29) is 5.91 Å². The summed E-state index contributed by atoms with van der Waals surface area (Å²) in [6.07, 6.45) is 12.3. The van der Waals surface area contributed by atoms with Crippen LogP contribution in [0, 0.1) is 27.7 Å². The fourth-order valence-corrected chi connectivity index (χ4v) is 7.14. The van der Waals surface area contributed by atoms with Crippen LogP contribution in [0.1, 0.15) is 93.8 Å². The van der Waals surface area contributed by atoms with Crippen molar-refractivity contribution in [1.29, 1.82) is 0 Å². The molecule has 1 fully saturated rings. The zero-order valence-electron chi connectivity index (χ0n) is 21.5. The lowest BCUT2D eigenvalue weighted by molar-refractivity contribution is 0.0927. The Balaban J connectivity index is 1.47. The molecule has 2 aliphatic rings. The van der Waals surface area contributed by atoms with Gasteiger partial charge in [-0.15, -0.1) is 11.3 Å². The molecule has 184 valence electrons. The number of aryl methyl sites for hydroxylation is 4. The second kappa shape index (κ2) is 10.1. The average Bonchev–Trinajstić information content (AvgIpc) is 3.33. The number of carbonyl (C=O) groups is 1. The molecule has 2 heterocycles. The normalized spacial score (nSPS) is 16.6. The van der Waals surface area contributed by atoms with Crippen LogP contribution in [0.2, 0.25) is 0 Å². The topological polar surface area (TPSA) is 46.4 Å². The number of rotatable bonds is 5. The molecule has 5 rings (SSSR count). The van der Waals surface area contributed by atoms with Crippen molar-refractivity contribution in [3.8, 4) is 5.69 Å². The summed E-state index contributed by atoms with van der Waals surface area (Å²) in [4.78, 5) is 19.8. The number of nitrogens with zero attached hydrogens (tertiary/aromatic N) is 2. The average molecular weight is 488 g/mol. The number of aromatic nitrogens is 1. The molecule has 0 bridgehead atoms. The minimum atomic E-state index is 0.0872. The Morgan fingerprint density at radius 3 is 2.43 bits per heavy atom. The van der Waals surface area contributed by atoms with E-state index >= 15 is 0 Å². The molecule has 0 radical (unpaired) electrons. The highest BCUT2D eigenvalue weighted by Crippen LogP contribution is 2.40. The van der Waals surface area contributed by atoms with Gasteiger partial charge in [-0.25, -0.2) is 4.99 Å². The SMILES string of the molecule is Cc1cc(C)cc(-n2c(C)cc(C=Nc3sc4c(c3C(=O)NC3CCCCC3)CCCC4)c2C)c1. The van der Waals surface area contributed by atoms with Gasteiger partial charge < -0.3 is 9.88 Å². The van der Waals surface area contributed by atoms with Gasteiger partial charge in [0.2, 0.25) is 0 Å². The molecule has 1 amide bonds. The van der Waals surface area contributed by atoms with E-state index in [2.05, 4.69) is 61.8 Å². The zero-order valence-corrected chi connectivity index (χ0v) is 22.4. The lowest BCUT2D eigenvalue weighted by Crippen LogP contribution is -2.36. The molecule has 1 saturated carbocycles. The molecule has 0 saturated heterocycles. The highest BCUT2D eigenvalue weighted by molar-refractivity contribution is 7.16. The third-order valence-corrected chi connectivity index (χ3v) is 8.78. The molecule has 5 heteroatoms. The molecule has 0 aliphatic heterocycles. The summed E-state index contributed by atoms with van der Waals surface area (Å²) < 4.78 is 2.30. The Hall–Kier alpha value is -2.66. The van der Waals surface area contributed by atoms with Gasteiger partial charge in [-0.3, -0.25) is 4.79 Å². The fraction of sp³-hybridized carbons (Fsp3) is 0.467. The van der Waals surface area contributed by atoms with Crippen LogP contribution in [0.15, 0.2) is 29.3 Å². The third-order valence-electron chi connectivity index (χ3n) is 7.58. The number of hydrogen-bond donors (Lipinski definition) is 1. The van der Waals surface area contributed by atoms with Crippen molar-refractivity contribution in [1.82, 2.24) is 9.88 Å². The highest BCUT2D eigenvalue weighted by atomic mass is 32.1. The predicted octanol–water partition coefficient (Wildman–Crippen LogP) is 7.46. The first-order valence-corrected chi connectivity index (χ1v) is 14.0. The molecular formula is C30H37N3OS. The van der Waals surface area contributed by atoms with E-state index in [1.54, 1.807) is 11.3 Å². The van der Waals surface area contributed by atoms with Gasteiger partial charge >= 0.3 is 0 Å². The number of nitrogens with one attached hydrogen (secondary N) is 1. The number of benzene rings is 1. The molecule has 4 nitrogen and oxygen atoms in total. The molecule has 1 aromatic carbocycles. The monoisotopic (exact) mass is 487 g/mol. The lowest BCUT2D eigenvalue weighted by Gasteiger charge is -2.23. The standard InChI is InChI=1S/C30H37N3OS/c1-19-14-20(2)16-25(15-19)33-21(3)17-23(22(33)4)18-31-30-28(26-12-8-9-13-27(26)35-30)29(34)32-24-10-6-5-7-11-24/h14-18,24H,5-13H2,1-4H3,(H,32,34). The van der Waals surface area contributed by atoms with Crippen LogP contribution in [0.3, 0.4) is 0 Å². The number of aliphatic imine (C=N–C) groups is 1. The summed E-state index contributed by atoms with van der Waals surface area (Å²) in [5, 5.41) is 4.23. The van der Waals surface area contributed by atoms with Crippen molar-refractivity contribution in [3.05, 3.63) is 68.3 Å². The predicted molar refractivity (Wildman–Crippen MR) is 147 cm³/mol. The number of fused-ring (bicyclic) bond motifs is 1. The Labute approximate surface area is 213 Å². The van der Waals surface area contributed by atoms with Crippen LogP contribution in [0.4, 0.5) is 5.00 Å². The maximum absolute atomic E-state index is 13.5. The van der Waals surface area contributed by atoms with E-state index in [0.717, 1.165) is 48.2 Å². The van der Waals surface area contributed by atoms with Crippen molar-refractivity contribution >= 4 is 28.5 Å². The number of carbonyl (C=O) groups excluding carboxylic acids is 1. The second-order valence-electron chi connectivity index (χ2n) is 10.5. The first-order valence-electron chi connectivity index (χ1n) is 13.2. The largest absolute Gasteiger partial charge is 0.349 e. The first kappa shape index (κ1) is 24.1. The van der Waals surface area contributed by atoms with E-state index in [1.807, 2.05) is 6.21 Å². The summed E-state index contributed by atoms with van der Waals surface area (Å²) in [5.74, 6) is 0.0872. The maximum Gasteiger partial charge on any atom is 0.254 e. The molecule has 0 unspecified atom stereocenters. The van der Waals surface area contributed by atoms with Gasteiger partial charge in [-0.05, 0) is 101 Å². The summed E-state index contributed by atoms with van der Waals surface area (Å²) >= 11 is 1.72. The van der Waals surface area contributed by atoms with Gasteiger partial charge in [0.25, 0.3) is 5.91 Å². The van der Waals surface area contributed by atoms with Gasteiger partial charge in [-0.2, -0.15) is 0 Å². The van der Waals surface area contributed by atoms with E-state index in [4.69, 9.17) is 4.99 Å². The van der Waals surface area contributed by atoms with Gasteiger partial charge in [0.05, 0.1) is 5.56 Å². The van der Waals surface area contributed by atoms with Crippen LogP contribution < -0.4 is 5.32 Å². The summed E-state index contributed by atoms with van der Waals surface area (Å²) in [6, 6.07) is 9.18. The summed E-state index contributed by atoms with van der Waals surface area (Å²) in [5.41, 5.74) is 9.28. The maximum atomic E-state index is 13.5. The first-order chi connectivity index (χ1) is 16.9. The van der Waals surface area contributed by atoms with Crippen LogP contribution in [-0.2, 0) is 12.8 Å². The molecule has 35 heavy (non-hydrogen) atoms. The zero-order chi connectivity index (χ0) is 24.5. The van der Waals surface area contributed by atoms with Gasteiger partial charge in [0, 0.05) is 39.8 Å². The second-order valence-corrected chi connectivity index (χ2v) is 11.5. The quantitative estimate of drug-likeness (QED) is 0.373. The summed E-state index contributed by atoms with van der Waals surface area (Å²) in [7, 11) is 0. The van der Waals surface area contributed by atoms with Gasteiger partial charge in [0.1, 0.15) is 5.00 Å². The minimum Gasteiger partial charge on any atom is -0.349 e. The Kier molecular flexibility index (Phi) is 6.97. The van der Waals surface area contributed by atoms with Crippen molar-refractivity contribution in [2.75, 3.05) is 0 Å². The molecule has 0 spiro atoms. The molecular weight excluding hydrogens is 450 g/mol. The van der Waals surface area contributed by atoms with E-state index in [1.165, 1.54) is 64.3 Å². The van der Waals surface area contributed by atoms with E-state index < -0.39 is 0 Å². The highest BCUT2D eigenvalue weighted by Gasteiger charge is 2.27. The smallest absolute Gasteiger partial charge is 0.254 e. The minimum absolute atomic E-state index is 0.0872. The van der Waals surface area contributed by atoms with Crippen molar-refractivity contribution in [2.45, 2.75) is 91.5 Å². The van der Waals surface area contributed by atoms with Crippen LogP contribution in [-0.4, -0.2) is 22.7 Å².